The van der Waals surface area contributed by atoms with Crippen LogP contribution >= 0.6 is 27.3 Å². The Labute approximate surface area is 239 Å². The smallest absolute Gasteiger partial charge is 0.346 e. The first kappa shape index (κ1) is 27.8. The Morgan fingerprint density at radius 3 is 2.33 bits per heavy atom. The van der Waals surface area contributed by atoms with Crippen LogP contribution in [0.1, 0.15) is 46.4 Å². The number of rotatable bonds is 7. The summed E-state index contributed by atoms with van der Waals surface area (Å²) in [5.74, 6) is -1.50. The Morgan fingerprint density at radius 1 is 1.05 bits per heavy atom. The predicted octanol–water partition coefficient (Wildman–Crippen LogP) is 5.88. The lowest BCUT2D eigenvalue weighted by molar-refractivity contribution is -0.137. The molecule has 0 saturated heterocycles. The molecule has 5 rings (SSSR count). The average molecular weight is 631 g/mol. The van der Waals surface area contributed by atoms with Crippen molar-refractivity contribution in [3.63, 3.8) is 0 Å². The van der Waals surface area contributed by atoms with E-state index in [0.29, 0.717) is 10.4 Å². The van der Waals surface area contributed by atoms with Crippen molar-refractivity contribution in [3.8, 4) is 11.3 Å². The number of hydrogen-bond donors (Lipinski definition) is 1. The maximum atomic E-state index is 13.4. The Morgan fingerprint density at radius 2 is 1.73 bits per heavy atom. The molecule has 0 fully saturated rings. The molecule has 1 atom stereocenters. The van der Waals surface area contributed by atoms with Crippen LogP contribution in [0.25, 0.3) is 11.3 Å². The standard InChI is InChI=1S/C28H22BrF3N4O3S/c1-15-21(24-22(29)13-33-35(24)2)12-23(40-15)25(37)34-18(11-16-6-5-7-17(10-16)28(30,31)32)14-36-26(38)19-8-3-4-9-20(19)27(36)39/h3-10,12-13,18H,11,14H2,1-2H3,(H,34,37)/t18-/m0/s1. The molecule has 1 aliphatic rings. The number of hydrogen-bond acceptors (Lipinski definition) is 5. The van der Waals surface area contributed by atoms with E-state index in [-0.39, 0.29) is 24.1 Å². The second kappa shape index (κ2) is 10.7. The zero-order valence-corrected chi connectivity index (χ0v) is 23.7. The lowest BCUT2D eigenvalue weighted by Crippen LogP contribution is -2.46. The Hall–Kier alpha value is -3.77. The van der Waals surface area contributed by atoms with Crippen molar-refractivity contribution < 1.29 is 27.6 Å². The lowest BCUT2D eigenvalue weighted by Gasteiger charge is -2.24. The number of nitrogens with one attached hydrogen (secondary N) is 1. The van der Waals surface area contributed by atoms with Crippen molar-refractivity contribution in [1.82, 2.24) is 20.0 Å². The van der Waals surface area contributed by atoms with Gasteiger partial charge in [-0.1, -0.05) is 30.3 Å². The molecule has 0 radical (unpaired) electrons. The molecule has 7 nitrogen and oxygen atoms in total. The Bertz CT molecular complexity index is 1590. The van der Waals surface area contributed by atoms with Gasteiger partial charge in [0.25, 0.3) is 17.7 Å². The normalized spacial score (nSPS) is 14.0. The number of thiophene rings is 1. The molecular weight excluding hydrogens is 609 g/mol. The minimum Gasteiger partial charge on any atom is -0.346 e. The molecule has 1 aliphatic heterocycles. The number of fused-ring (bicyclic) bond motifs is 1. The van der Waals surface area contributed by atoms with Crippen molar-refractivity contribution in [2.45, 2.75) is 25.6 Å². The predicted molar refractivity (Wildman–Crippen MR) is 147 cm³/mol. The molecule has 0 unspecified atom stereocenters. The third-order valence-corrected chi connectivity index (χ3v) is 8.27. The van der Waals surface area contributed by atoms with Gasteiger partial charge in [0.05, 0.1) is 44.0 Å². The van der Waals surface area contributed by atoms with Crippen molar-refractivity contribution in [2.24, 2.45) is 7.05 Å². The molecule has 2 aromatic carbocycles. The van der Waals surface area contributed by atoms with Crippen LogP contribution in [0.2, 0.25) is 0 Å². The van der Waals surface area contributed by atoms with Crippen molar-refractivity contribution in [1.29, 1.82) is 0 Å². The average Bonchev–Trinajstić information content (AvgIpc) is 3.53. The van der Waals surface area contributed by atoms with Gasteiger partial charge in [-0.25, -0.2) is 0 Å². The highest BCUT2D eigenvalue weighted by molar-refractivity contribution is 9.10. The molecule has 0 aliphatic carbocycles. The monoisotopic (exact) mass is 630 g/mol. The number of halogens is 4. The molecule has 2 aromatic heterocycles. The highest BCUT2D eigenvalue weighted by atomic mass is 79.9. The first-order chi connectivity index (χ1) is 18.9. The summed E-state index contributed by atoms with van der Waals surface area (Å²) in [6.07, 6.45) is -2.92. The molecular formula is C28H22BrF3N4O3S. The van der Waals surface area contributed by atoms with Gasteiger partial charge in [-0.3, -0.25) is 24.0 Å². The highest BCUT2D eigenvalue weighted by Gasteiger charge is 2.37. The largest absolute Gasteiger partial charge is 0.416 e. The van der Waals surface area contributed by atoms with E-state index in [4.69, 9.17) is 0 Å². The Kier molecular flexibility index (Phi) is 7.40. The van der Waals surface area contributed by atoms with E-state index in [2.05, 4.69) is 26.3 Å². The van der Waals surface area contributed by atoms with Crippen LogP contribution in [0.3, 0.4) is 0 Å². The van der Waals surface area contributed by atoms with Gasteiger partial charge in [0.1, 0.15) is 0 Å². The van der Waals surface area contributed by atoms with Crippen molar-refractivity contribution in [3.05, 3.63) is 97.3 Å². The summed E-state index contributed by atoms with van der Waals surface area (Å²) in [4.78, 5) is 41.7. The van der Waals surface area contributed by atoms with E-state index < -0.39 is 35.5 Å². The third-order valence-electron chi connectivity index (χ3n) is 6.64. The van der Waals surface area contributed by atoms with Gasteiger partial charge in [0.15, 0.2) is 0 Å². The number of alkyl halides is 3. The third kappa shape index (κ3) is 5.33. The van der Waals surface area contributed by atoms with E-state index in [1.807, 2.05) is 6.92 Å². The number of imide groups is 1. The summed E-state index contributed by atoms with van der Waals surface area (Å²) >= 11 is 4.73. The van der Waals surface area contributed by atoms with Gasteiger partial charge in [-0.05, 0) is 59.1 Å². The summed E-state index contributed by atoms with van der Waals surface area (Å²) in [6.45, 7) is 1.66. The van der Waals surface area contributed by atoms with Crippen LogP contribution in [-0.4, -0.2) is 45.0 Å². The molecule has 40 heavy (non-hydrogen) atoms. The van der Waals surface area contributed by atoms with Crippen LogP contribution in [0.4, 0.5) is 13.2 Å². The number of carbonyl (C=O) groups excluding carboxylic acids is 3. The second-order valence-corrected chi connectivity index (χ2v) is 11.5. The number of amides is 3. The van der Waals surface area contributed by atoms with Crippen molar-refractivity contribution in [2.75, 3.05) is 6.54 Å². The first-order valence-corrected chi connectivity index (χ1v) is 13.8. The Balaban J connectivity index is 1.44. The van der Waals surface area contributed by atoms with E-state index in [0.717, 1.165) is 37.6 Å². The van der Waals surface area contributed by atoms with Gasteiger partial charge < -0.3 is 5.32 Å². The summed E-state index contributed by atoms with van der Waals surface area (Å²) in [6, 6.07) is 12.0. The fourth-order valence-electron chi connectivity index (χ4n) is 4.75. The number of aromatic nitrogens is 2. The number of nitrogens with zero attached hydrogens (tertiary/aromatic N) is 3. The summed E-state index contributed by atoms with van der Waals surface area (Å²) in [5.41, 5.74) is 1.57. The van der Waals surface area contributed by atoms with E-state index in [9.17, 15) is 27.6 Å². The maximum absolute atomic E-state index is 13.4. The van der Waals surface area contributed by atoms with Gasteiger partial charge in [0.2, 0.25) is 0 Å². The van der Waals surface area contributed by atoms with Crippen LogP contribution in [0.5, 0.6) is 0 Å². The van der Waals surface area contributed by atoms with Crippen LogP contribution < -0.4 is 5.32 Å². The van der Waals surface area contributed by atoms with Crippen LogP contribution in [0, 0.1) is 6.92 Å². The summed E-state index contributed by atoms with van der Waals surface area (Å²) in [5, 5.41) is 7.08. The zero-order valence-electron chi connectivity index (χ0n) is 21.3. The zero-order chi connectivity index (χ0) is 28.8. The quantitative estimate of drug-likeness (QED) is 0.259. The molecule has 1 N–H and O–H groups in total. The number of carbonyl (C=O) groups is 3. The minimum atomic E-state index is -4.54. The topological polar surface area (TPSA) is 84.3 Å². The molecule has 0 saturated carbocycles. The molecule has 0 bridgehead atoms. The lowest BCUT2D eigenvalue weighted by atomic mass is 10.0. The molecule has 3 amide bonds. The minimum absolute atomic E-state index is 0.0342. The summed E-state index contributed by atoms with van der Waals surface area (Å²) in [7, 11) is 1.78. The van der Waals surface area contributed by atoms with Gasteiger partial charge in [-0.15, -0.1) is 11.3 Å². The highest BCUT2D eigenvalue weighted by Crippen LogP contribution is 2.35. The molecule has 0 spiro atoms. The van der Waals surface area contributed by atoms with Gasteiger partial charge in [-0.2, -0.15) is 18.3 Å². The van der Waals surface area contributed by atoms with Crippen LogP contribution in [0.15, 0.2) is 65.3 Å². The maximum Gasteiger partial charge on any atom is 0.416 e. The van der Waals surface area contributed by atoms with Gasteiger partial charge in [0, 0.05) is 24.0 Å². The number of aryl methyl sites for hydroxylation is 2. The van der Waals surface area contributed by atoms with Gasteiger partial charge >= 0.3 is 6.18 Å². The number of benzene rings is 2. The van der Waals surface area contributed by atoms with Crippen LogP contribution in [-0.2, 0) is 19.6 Å². The van der Waals surface area contributed by atoms with Crippen molar-refractivity contribution >= 4 is 45.0 Å². The SMILES string of the molecule is Cc1sc(C(=O)N[C@@H](Cc2cccc(C(F)(F)F)c2)CN2C(=O)c3ccccc3C2=O)cc1-c1c(Br)cnn1C. The first-order valence-electron chi connectivity index (χ1n) is 12.1. The molecule has 3 heterocycles. The fraction of sp³-hybridized carbons (Fsp3) is 0.214. The molecule has 12 heteroatoms. The van der Waals surface area contributed by atoms with E-state index in [1.54, 1.807) is 48.3 Å². The van der Waals surface area contributed by atoms with E-state index >= 15 is 0 Å². The second-order valence-electron chi connectivity index (χ2n) is 9.38. The van der Waals surface area contributed by atoms with E-state index in [1.165, 1.54) is 23.5 Å². The fourth-order valence-corrected chi connectivity index (χ4v) is 6.23. The molecule has 206 valence electrons. The molecule has 4 aromatic rings. The summed E-state index contributed by atoms with van der Waals surface area (Å²) < 4.78 is 42.5.